The maximum absolute atomic E-state index is 2.45. The maximum Gasteiger partial charge on any atom is 0.213 e. The lowest BCUT2D eigenvalue weighted by molar-refractivity contribution is -0.659. The van der Waals surface area contributed by atoms with Crippen molar-refractivity contribution in [1.82, 2.24) is 0 Å². The summed E-state index contributed by atoms with van der Waals surface area (Å²) in [4.78, 5) is 4.80. The third kappa shape index (κ3) is 2.69. The summed E-state index contributed by atoms with van der Waals surface area (Å²) in [7, 11) is 4.31. The van der Waals surface area contributed by atoms with Gasteiger partial charge in [-0.05, 0) is 55.1 Å². The fourth-order valence-corrected chi connectivity index (χ4v) is 4.59. The van der Waals surface area contributed by atoms with Crippen LogP contribution in [0.25, 0.3) is 22.0 Å². The Morgan fingerprint density at radius 2 is 1.45 bits per heavy atom. The number of aryl methyl sites for hydroxylation is 1. The molecule has 4 aromatic rings. The largest absolute Gasteiger partial charge is 0.353 e. The highest BCUT2D eigenvalue weighted by molar-refractivity contribution is 5.88. The number of benzene rings is 3. The van der Waals surface area contributed by atoms with Crippen molar-refractivity contribution in [3.63, 3.8) is 0 Å². The third-order valence-corrected chi connectivity index (χ3v) is 6.30. The first kappa shape index (κ1) is 17.7. The lowest BCUT2D eigenvalue weighted by Crippen LogP contribution is -2.36. The first-order chi connectivity index (χ1) is 14.1. The summed E-state index contributed by atoms with van der Waals surface area (Å²) in [6.45, 7) is 4.51. The molecule has 2 heterocycles. The predicted molar refractivity (Wildman–Crippen MR) is 122 cm³/mol. The van der Waals surface area contributed by atoms with E-state index in [0.717, 1.165) is 0 Å². The number of hydrogen-bond acceptors (Lipinski definition) is 2. The number of fused-ring (bicyclic) bond motifs is 2. The number of anilines is 3. The Morgan fingerprint density at radius 3 is 2.24 bits per heavy atom. The van der Waals surface area contributed by atoms with E-state index in [4.69, 9.17) is 0 Å². The first-order valence-electron chi connectivity index (χ1n) is 10.2. The molecule has 1 aromatic heterocycles. The van der Waals surface area contributed by atoms with Gasteiger partial charge in [0.15, 0.2) is 6.20 Å². The van der Waals surface area contributed by atoms with Crippen LogP contribution >= 0.6 is 0 Å². The Kier molecular flexibility index (Phi) is 4.06. The molecule has 3 aromatic carbocycles. The summed E-state index contributed by atoms with van der Waals surface area (Å²) in [6, 6.07) is 26.2. The second-order valence-corrected chi connectivity index (χ2v) is 7.95. The van der Waals surface area contributed by atoms with Gasteiger partial charge in [0.1, 0.15) is 13.2 Å². The van der Waals surface area contributed by atoms with E-state index < -0.39 is 0 Å². The maximum atomic E-state index is 2.45. The Bertz CT molecular complexity index is 1230. The van der Waals surface area contributed by atoms with E-state index >= 15 is 0 Å². The SMILES string of the molecule is Cc1c(-c2cc3ccccc3c[n+]2C)cccc1N1c2ccccc2N(C)[C@H]1C. The van der Waals surface area contributed by atoms with Crippen LogP contribution in [0, 0.1) is 6.92 Å². The van der Waals surface area contributed by atoms with Gasteiger partial charge in [0, 0.05) is 24.2 Å². The van der Waals surface area contributed by atoms with E-state index in [9.17, 15) is 0 Å². The molecule has 1 atom stereocenters. The van der Waals surface area contributed by atoms with Crippen LogP contribution < -0.4 is 14.4 Å². The zero-order valence-corrected chi connectivity index (χ0v) is 17.4. The lowest BCUT2D eigenvalue weighted by atomic mass is 10.00. The monoisotopic (exact) mass is 380 g/mol. The summed E-state index contributed by atoms with van der Waals surface area (Å²) >= 11 is 0. The van der Waals surface area contributed by atoms with Crippen LogP contribution in [0.4, 0.5) is 17.1 Å². The minimum absolute atomic E-state index is 0.270. The molecule has 0 bridgehead atoms. The number of rotatable bonds is 2. The highest BCUT2D eigenvalue weighted by Crippen LogP contribution is 2.45. The molecule has 0 radical (unpaired) electrons. The van der Waals surface area contributed by atoms with Crippen molar-refractivity contribution in [1.29, 1.82) is 0 Å². The Hall–Kier alpha value is -3.33. The van der Waals surface area contributed by atoms with Crippen LogP contribution in [0.1, 0.15) is 12.5 Å². The Balaban J connectivity index is 1.68. The summed E-state index contributed by atoms with van der Waals surface area (Å²) in [5.74, 6) is 0. The van der Waals surface area contributed by atoms with Gasteiger partial charge in [-0.25, -0.2) is 4.57 Å². The van der Waals surface area contributed by atoms with Gasteiger partial charge in [-0.3, -0.25) is 0 Å². The highest BCUT2D eigenvalue weighted by atomic mass is 15.4. The van der Waals surface area contributed by atoms with E-state index in [1.807, 2.05) is 0 Å². The molecule has 0 spiro atoms. The summed E-state index contributed by atoms with van der Waals surface area (Å²) in [6.07, 6.45) is 2.49. The van der Waals surface area contributed by atoms with Gasteiger partial charge in [0.25, 0.3) is 0 Å². The van der Waals surface area contributed by atoms with Gasteiger partial charge in [0.05, 0.1) is 16.9 Å². The molecule has 0 saturated heterocycles. The number of aromatic nitrogens is 1. The van der Waals surface area contributed by atoms with Crippen LogP contribution in [0.5, 0.6) is 0 Å². The van der Waals surface area contributed by atoms with Crippen molar-refractivity contribution in [2.45, 2.75) is 20.0 Å². The standard InChI is InChI=1S/C26H26N3/c1-18-22(26-16-20-10-5-6-11-21(20)17-27(26)3)12-9-15-23(18)29-19(2)28(4)24-13-7-8-14-25(24)29/h5-17,19H,1-4H3/q+1/t19-/m1/s1. The minimum atomic E-state index is 0.270. The van der Waals surface area contributed by atoms with Gasteiger partial charge in [-0.15, -0.1) is 0 Å². The summed E-state index contributed by atoms with van der Waals surface area (Å²) in [5.41, 5.74) is 7.62. The van der Waals surface area contributed by atoms with Crippen LogP contribution in [0.15, 0.2) is 79.0 Å². The average molecular weight is 381 g/mol. The average Bonchev–Trinajstić information content (AvgIpc) is 2.99. The molecular formula is C26H26N3+. The zero-order valence-electron chi connectivity index (χ0n) is 17.4. The number of pyridine rings is 1. The van der Waals surface area contributed by atoms with Crippen molar-refractivity contribution in [3.8, 4) is 11.3 Å². The Labute approximate surface area is 172 Å². The van der Waals surface area contributed by atoms with Gasteiger partial charge in [-0.2, -0.15) is 0 Å². The molecule has 5 rings (SSSR count). The molecule has 0 saturated carbocycles. The number of para-hydroxylation sites is 2. The van der Waals surface area contributed by atoms with Crippen LogP contribution in [-0.4, -0.2) is 13.2 Å². The third-order valence-electron chi connectivity index (χ3n) is 6.30. The van der Waals surface area contributed by atoms with Crippen molar-refractivity contribution in [2.24, 2.45) is 7.05 Å². The van der Waals surface area contributed by atoms with Crippen LogP contribution in [0.2, 0.25) is 0 Å². The van der Waals surface area contributed by atoms with Crippen LogP contribution in [-0.2, 0) is 7.05 Å². The second kappa shape index (κ2) is 6.63. The summed E-state index contributed by atoms with van der Waals surface area (Å²) in [5, 5.41) is 2.53. The number of nitrogens with zero attached hydrogens (tertiary/aromatic N) is 3. The first-order valence-corrected chi connectivity index (χ1v) is 10.2. The quantitative estimate of drug-likeness (QED) is 0.421. The van der Waals surface area contributed by atoms with Crippen molar-refractivity contribution in [2.75, 3.05) is 16.8 Å². The topological polar surface area (TPSA) is 10.4 Å². The molecule has 1 aliphatic rings. The molecule has 0 amide bonds. The molecule has 0 unspecified atom stereocenters. The van der Waals surface area contributed by atoms with E-state index in [1.165, 1.54) is 44.7 Å². The lowest BCUT2D eigenvalue weighted by Gasteiger charge is -2.29. The van der Waals surface area contributed by atoms with Crippen molar-refractivity contribution in [3.05, 3.63) is 84.6 Å². The molecule has 0 aliphatic carbocycles. The molecular weight excluding hydrogens is 354 g/mol. The van der Waals surface area contributed by atoms with Gasteiger partial charge < -0.3 is 9.80 Å². The van der Waals surface area contributed by atoms with E-state index in [0.29, 0.717) is 0 Å². The van der Waals surface area contributed by atoms with Crippen molar-refractivity contribution >= 4 is 27.8 Å². The van der Waals surface area contributed by atoms with Crippen LogP contribution in [0.3, 0.4) is 0 Å². The smallest absolute Gasteiger partial charge is 0.213 e. The normalized spacial score (nSPS) is 15.8. The van der Waals surface area contributed by atoms with Gasteiger partial charge >= 0.3 is 0 Å². The Morgan fingerprint density at radius 1 is 0.793 bits per heavy atom. The minimum Gasteiger partial charge on any atom is -0.353 e. The molecule has 144 valence electrons. The second-order valence-electron chi connectivity index (χ2n) is 7.95. The molecule has 1 aliphatic heterocycles. The number of hydrogen-bond donors (Lipinski definition) is 0. The van der Waals surface area contributed by atoms with Gasteiger partial charge in [0.2, 0.25) is 5.69 Å². The molecule has 0 fully saturated rings. The zero-order chi connectivity index (χ0) is 20.1. The predicted octanol–water partition coefficient (Wildman–Crippen LogP) is 5.57. The van der Waals surface area contributed by atoms with E-state index in [-0.39, 0.29) is 6.17 Å². The molecule has 0 N–H and O–H groups in total. The van der Waals surface area contributed by atoms with E-state index in [1.54, 1.807) is 0 Å². The van der Waals surface area contributed by atoms with E-state index in [2.05, 4.69) is 121 Å². The molecule has 29 heavy (non-hydrogen) atoms. The highest BCUT2D eigenvalue weighted by Gasteiger charge is 2.32. The summed E-state index contributed by atoms with van der Waals surface area (Å²) < 4.78 is 2.24. The fourth-order valence-electron chi connectivity index (χ4n) is 4.59. The van der Waals surface area contributed by atoms with Crippen molar-refractivity contribution < 1.29 is 4.57 Å². The van der Waals surface area contributed by atoms with Gasteiger partial charge in [-0.1, -0.05) is 36.4 Å². The molecule has 3 heteroatoms. The fraction of sp³-hybridized carbons (Fsp3) is 0.192. The molecule has 3 nitrogen and oxygen atoms in total.